The number of ether oxygens (including phenoxy) is 2. The predicted octanol–water partition coefficient (Wildman–Crippen LogP) is 4.16. The lowest BCUT2D eigenvalue weighted by atomic mass is 9.93. The van der Waals surface area contributed by atoms with E-state index in [4.69, 9.17) is 19.6 Å². The molecular formula is C30H23BrN2O6S. The summed E-state index contributed by atoms with van der Waals surface area (Å²) < 4.78 is 13.3. The van der Waals surface area contributed by atoms with Gasteiger partial charge in [-0.15, -0.1) is 0 Å². The van der Waals surface area contributed by atoms with Crippen molar-refractivity contribution in [1.29, 1.82) is 0 Å². The summed E-state index contributed by atoms with van der Waals surface area (Å²) in [5, 5.41) is 8.88. The number of aromatic nitrogens is 1. The van der Waals surface area contributed by atoms with Gasteiger partial charge in [0.25, 0.3) is 5.56 Å². The number of aliphatic carboxylic acids is 1. The van der Waals surface area contributed by atoms with Crippen molar-refractivity contribution in [3.63, 3.8) is 0 Å². The smallest absolute Gasteiger partial charge is 0.341 e. The molecule has 1 aliphatic rings. The van der Waals surface area contributed by atoms with E-state index in [0.29, 0.717) is 36.4 Å². The fourth-order valence-corrected chi connectivity index (χ4v) is 5.92. The summed E-state index contributed by atoms with van der Waals surface area (Å²) in [6, 6.07) is 23.1. The molecule has 0 saturated heterocycles. The molecule has 8 nitrogen and oxygen atoms in total. The zero-order valence-corrected chi connectivity index (χ0v) is 23.6. The minimum Gasteiger partial charge on any atom is -0.481 e. The van der Waals surface area contributed by atoms with Crippen molar-refractivity contribution in [1.82, 2.24) is 4.57 Å². The molecule has 0 fully saturated rings. The van der Waals surface area contributed by atoms with E-state index in [2.05, 4.69) is 15.9 Å². The highest BCUT2D eigenvalue weighted by Gasteiger charge is 2.35. The number of thiazole rings is 1. The molecule has 0 amide bonds. The molecule has 3 aromatic carbocycles. The molecule has 0 saturated carbocycles. The van der Waals surface area contributed by atoms with E-state index < -0.39 is 24.6 Å². The summed E-state index contributed by atoms with van der Waals surface area (Å²) in [7, 11) is 0. The molecule has 2 heterocycles. The van der Waals surface area contributed by atoms with Crippen LogP contribution in [0.15, 0.2) is 98.7 Å². The van der Waals surface area contributed by atoms with Gasteiger partial charge in [-0.05, 0) is 52.2 Å². The van der Waals surface area contributed by atoms with Crippen molar-refractivity contribution >= 4 is 51.0 Å². The van der Waals surface area contributed by atoms with Gasteiger partial charge < -0.3 is 14.6 Å². The number of esters is 1. The number of benzene rings is 3. The molecule has 1 aromatic heterocycles. The van der Waals surface area contributed by atoms with E-state index in [0.717, 1.165) is 11.1 Å². The maximum absolute atomic E-state index is 13.9. The van der Waals surface area contributed by atoms with Crippen LogP contribution in [0.25, 0.3) is 11.8 Å². The normalized spacial score (nSPS) is 14.8. The Labute approximate surface area is 241 Å². The number of carbonyl (C=O) groups is 2. The molecule has 0 bridgehead atoms. The van der Waals surface area contributed by atoms with Crippen LogP contribution in [-0.4, -0.2) is 34.8 Å². The van der Waals surface area contributed by atoms with E-state index in [1.54, 1.807) is 35.8 Å². The Balaban J connectivity index is 1.71. The number of halogens is 1. The fourth-order valence-electron chi connectivity index (χ4n) is 4.41. The molecule has 1 N–H and O–H groups in total. The standard InChI is InChI=1S/C30H23BrN2O6S/c1-2-38-29(37)25-26(19-9-5-3-6-10-19)32-30-33(27(25)20-11-7-4-8-12-20)28(36)23(40-30)16-18-13-14-22(21(31)15-18)39-17-24(34)35/h3-16,27H,2,17H2,1H3,(H,34,35)/b23-16+/t27-/m0/s1. The lowest BCUT2D eigenvalue weighted by molar-refractivity contribution is -0.140. The van der Waals surface area contributed by atoms with Gasteiger partial charge in [-0.25, -0.2) is 14.6 Å². The van der Waals surface area contributed by atoms with Gasteiger partial charge in [0, 0.05) is 5.56 Å². The second-order valence-electron chi connectivity index (χ2n) is 8.71. The van der Waals surface area contributed by atoms with Crippen LogP contribution in [0.1, 0.15) is 29.7 Å². The third kappa shape index (κ3) is 5.54. The summed E-state index contributed by atoms with van der Waals surface area (Å²) in [6.07, 6.45) is 1.73. The average molecular weight is 619 g/mol. The minimum absolute atomic E-state index is 0.178. The number of rotatable bonds is 8. The minimum atomic E-state index is -1.08. The summed E-state index contributed by atoms with van der Waals surface area (Å²) in [5.74, 6) is -1.24. The predicted molar refractivity (Wildman–Crippen MR) is 155 cm³/mol. The molecule has 202 valence electrons. The number of hydrogen-bond donors (Lipinski definition) is 1. The molecule has 4 aromatic rings. The van der Waals surface area contributed by atoms with Crippen LogP contribution in [0, 0.1) is 0 Å². The number of nitrogens with zero attached hydrogens (tertiary/aromatic N) is 2. The van der Waals surface area contributed by atoms with E-state index in [9.17, 15) is 14.4 Å². The highest BCUT2D eigenvalue weighted by Crippen LogP contribution is 2.35. The fraction of sp³-hybridized carbons (Fsp3) is 0.133. The first-order valence-corrected chi connectivity index (χ1v) is 14.0. The van der Waals surface area contributed by atoms with Gasteiger partial charge in [0.2, 0.25) is 0 Å². The highest BCUT2D eigenvalue weighted by molar-refractivity contribution is 9.10. The topological polar surface area (TPSA) is 107 Å². The number of hydrogen-bond acceptors (Lipinski definition) is 7. The molecule has 40 heavy (non-hydrogen) atoms. The first-order valence-electron chi connectivity index (χ1n) is 12.3. The highest BCUT2D eigenvalue weighted by atomic mass is 79.9. The monoisotopic (exact) mass is 618 g/mol. The number of carbonyl (C=O) groups excluding carboxylic acids is 1. The van der Waals surface area contributed by atoms with Crippen molar-refractivity contribution in [2.75, 3.05) is 13.2 Å². The maximum Gasteiger partial charge on any atom is 0.341 e. The molecule has 0 aliphatic carbocycles. The van der Waals surface area contributed by atoms with Crippen LogP contribution in [0.4, 0.5) is 0 Å². The first-order chi connectivity index (χ1) is 19.4. The summed E-state index contributed by atoms with van der Waals surface area (Å²) in [4.78, 5) is 43.5. The van der Waals surface area contributed by atoms with E-state index in [-0.39, 0.29) is 12.2 Å². The molecule has 5 rings (SSSR count). The van der Waals surface area contributed by atoms with Crippen LogP contribution in [-0.2, 0) is 14.3 Å². The Morgan fingerprint density at radius 2 is 1.77 bits per heavy atom. The van der Waals surface area contributed by atoms with Gasteiger partial charge in [0.1, 0.15) is 5.75 Å². The summed E-state index contributed by atoms with van der Waals surface area (Å²) in [6.45, 7) is 1.45. The summed E-state index contributed by atoms with van der Waals surface area (Å²) >= 11 is 4.63. The van der Waals surface area contributed by atoms with Crippen molar-refractivity contribution in [3.05, 3.63) is 125 Å². The van der Waals surface area contributed by atoms with Gasteiger partial charge >= 0.3 is 11.9 Å². The maximum atomic E-state index is 13.9. The Hall–Kier alpha value is -4.28. The van der Waals surface area contributed by atoms with Crippen molar-refractivity contribution in [2.24, 2.45) is 4.99 Å². The van der Waals surface area contributed by atoms with Gasteiger partial charge in [0.15, 0.2) is 11.4 Å². The number of fused-ring (bicyclic) bond motifs is 1. The summed E-state index contributed by atoms with van der Waals surface area (Å²) in [5.41, 5.74) is 2.65. The van der Waals surface area contributed by atoms with Crippen LogP contribution in [0.5, 0.6) is 5.75 Å². The van der Waals surface area contributed by atoms with Crippen LogP contribution < -0.4 is 19.6 Å². The van der Waals surface area contributed by atoms with Crippen molar-refractivity contribution in [3.8, 4) is 5.75 Å². The zero-order valence-electron chi connectivity index (χ0n) is 21.2. The Kier molecular flexibility index (Phi) is 8.09. The number of carboxylic acids is 1. The van der Waals surface area contributed by atoms with Gasteiger partial charge in [-0.3, -0.25) is 9.36 Å². The molecular weight excluding hydrogens is 596 g/mol. The molecule has 0 unspecified atom stereocenters. The first kappa shape index (κ1) is 27.3. The van der Waals surface area contributed by atoms with E-state index >= 15 is 0 Å². The lowest BCUT2D eigenvalue weighted by Gasteiger charge is -2.25. The van der Waals surface area contributed by atoms with Gasteiger partial charge in [0.05, 0.1) is 32.9 Å². The SMILES string of the molecule is CCOC(=O)C1=C(c2ccccc2)N=c2s/c(=C/c3ccc(OCC(=O)O)c(Br)c3)c(=O)n2[C@H]1c1ccccc1. The number of carboxylic acid groups (broad SMARTS) is 1. The molecule has 1 atom stereocenters. The van der Waals surface area contributed by atoms with E-state index in [1.807, 2.05) is 60.7 Å². The second-order valence-corrected chi connectivity index (χ2v) is 10.6. The molecule has 10 heteroatoms. The zero-order chi connectivity index (χ0) is 28.2. The van der Waals surface area contributed by atoms with Crippen molar-refractivity contribution in [2.45, 2.75) is 13.0 Å². The Bertz CT molecular complexity index is 1800. The van der Waals surface area contributed by atoms with Crippen LogP contribution in [0.3, 0.4) is 0 Å². The Morgan fingerprint density at radius 1 is 1.07 bits per heavy atom. The second kappa shape index (κ2) is 11.8. The van der Waals surface area contributed by atoms with E-state index in [1.165, 1.54) is 11.3 Å². The van der Waals surface area contributed by atoms with Crippen molar-refractivity contribution < 1.29 is 24.2 Å². The van der Waals surface area contributed by atoms with Gasteiger partial charge in [-0.2, -0.15) is 0 Å². The largest absolute Gasteiger partial charge is 0.481 e. The molecule has 0 radical (unpaired) electrons. The third-order valence-corrected chi connectivity index (χ3v) is 7.70. The van der Waals surface area contributed by atoms with Gasteiger partial charge in [-0.1, -0.05) is 78.1 Å². The average Bonchev–Trinajstić information content (AvgIpc) is 3.26. The van der Waals surface area contributed by atoms with Crippen LogP contribution >= 0.6 is 27.3 Å². The quantitative estimate of drug-likeness (QED) is 0.297. The Morgan fingerprint density at radius 3 is 2.42 bits per heavy atom. The third-order valence-electron chi connectivity index (χ3n) is 6.09. The lowest BCUT2D eigenvalue weighted by Crippen LogP contribution is -2.39. The van der Waals surface area contributed by atoms with Crippen LogP contribution in [0.2, 0.25) is 0 Å². The molecule has 0 spiro atoms. The molecule has 1 aliphatic heterocycles.